The molecule has 18 heavy (non-hydrogen) atoms. The van der Waals surface area contributed by atoms with Gasteiger partial charge in [0, 0.05) is 18.3 Å². The van der Waals surface area contributed by atoms with Crippen LogP contribution in [0.25, 0.3) is 0 Å². The smallest absolute Gasteiger partial charge is 0.257 e. The van der Waals surface area contributed by atoms with Crippen LogP contribution in [0.2, 0.25) is 0 Å². The Morgan fingerprint density at radius 3 is 2.72 bits per heavy atom. The van der Waals surface area contributed by atoms with E-state index in [0.717, 1.165) is 0 Å². The van der Waals surface area contributed by atoms with Gasteiger partial charge in [0.15, 0.2) is 18.1 Å². The number of carbonyl (C=O) groups excluding carboxylic acids is 1. The molecule has 0 spiro atoms. The number of rotatable bonds is 6. The molecule has 0 saturated carbocycles. The van der Waals surface area contributed by atoms with E-state index in [0.29, 0.717) is 29.6 Å². The maximum Gasteiger partial charge on any atom is 0.257 e. The van der Waals surface area contributed by atoms with Gasteiger partial charge < -0.3 is 20.5 Å². The summed E-state index contributed by atoms with van der Waals surface area (Å²) in [5.74, 6) is 1.29. The molecule has 0 saturated heterocycles. The molecule has 100 valence electrons. The summed E-state index contributed by atoms with van der Waals surface area (Å²) in [7, 11) is 1.53. The van der Waals surface area contributed by atoms with Gasteiger partial charge in [-0.2, -0.15) is 0 Å². The third-order valence-electron chi connectivity index (χ3n) is 2.25. The Morgan fingerprint density at radius 2 is 2.11 bits per heavy atom. The molecule has 1 aromatic carbocycles. The Kier molecular flexibility index (Phi) is 5.30. The first-order chi connectivity index (χ1) is 8.52. The summed E-state index contributed by atoms with van der Waals surface area (Å²) >= 11 is 0. The van der Waals surface area contributed by atoms with E-state index >= 15 is 0 Å². The van der Waals surface area contributed by atoms with Gasteiger partial charge in [0.2, 0.25) is 0 Å². The first-order valence-electron chi connectivity index (χ1n) is 5.86. The molecular weight excluding hydrogens is 232 g/mol. The molecule has 1 amide bonds. The second-order valence-corrected chi connectivity index (χ2v) is 4.40. The second-order valence-electron chi connectivity index (χ2n) is 4.40. The predicted octanol–water partition coefficient (Wildman–Crippen LogP) is 1.43. The molecule has 0 unspecified atom stereocenters. The highest BCUT2D eigenvalue weighted by Crippen LogP contribution is 2.28. The van der Waals surface area contributed by atoms with Crippen molar-refractivity contribution in [2.45, 2.75) is 13.8 Å². The molecule has 0 aliphatic carbocycles. The maximum absolute atomic E-state index is 11.5. The van der Waals surface area contributed by atoms with Crippen molar-refractivity contribution in [2.75, 3.05) is 26.0 Å². The lowest BCUT2D eigenvalue weighted by Crippen LogP contribution is -2.31. The lowest BCUT2D eigenvalue weighted by molar-refractivity contribution is -0.123. The van der Waals surface area contributed by atoms with E-state index in [1.165, 1.54) is 7.11 Å². The number of methoxy groups -OCH3 is 1. The molecule has 1 aromatic rings. The Hall–Kier alpha value is -1.91. The lowest BCUT2D eigenvalue weighted by Gasteiger charge is -2.12. The zero-order valence-electron chi connectivity index (χ0n) is 11.0. The molecule has 0 aliphatic heterocycles. The highest BCUT2D eigenvalue weighted by atomic mass is 16.5. The van der Waals surface area contributed by atoms with E-state index in [2.05, 4.69) is 5.32 Å². The molecule has 5 nitrogen and oxygen atoms in total. The van der Waals surface area contributed by atoms with Crippen LogP contribution in [-0.2, 0) is 4.79 Å². The molecule has 0 radical (unpaired) electrons. The molecule has 0 atom stereocenters. The van der Waals surface area contributed by atoms with Gasteiger partial charge in [0.25, 0.3) is 5.91 Å². The summed E-state index contributed by atoms with van der Waals surface area (Å²) in [6.07, 6.45) is 0. The summed E-state index contributed by atoms with van der Waals surface area (Å²) in [5, 5.41) is 2.77. The standard InChI is InChI=1S/C13H20N2O3/c1-9(2)7-15-13(16)8-18-11-5-4-10(14)6-12(11)17-3/h4-6,9H,7-8,14H2,1-3H3,(H,15,16). The molecular formula is C13H20N2O3. The zero-order chi connectivity index (χ0) is 13.5. The highest BCUT2D eigenvalue weighted by molar-refractivity contribution is 5.77. The number of hydrogen-bond donors (Lipinski definition) is 2. The molecule has 1 rings (SSSR count). The first-order valence-corrected chi connectivity index (χ1v) is 5.86. The molecule has 0 heterocycles. The van der Waals surface area contributed by atoms with Crippen LogP contribution in [0.3, 0.4) is 0 Å². The number of benzene rings is 1. The Morgan fingerprint density at radius 1 is 1.39 bits per heavy atom. The fraction of sp³-hybridized carbons (Fsp3) is 0.462. The topological polar surface area (TPSA) is 73.6 Å². The normalized spacial score (nSPS) is 10.2. The zero-order valence-corrected chi connectivity index (χ0v) is 11.0. The van der Waals surface area contributed by atoms with Crippen LogP contribution in [0.15, 0.2) is 18.2 Å². The number of hydrogen-bond acceptors (Lipinski definition) is 4. The van der Waals surface area contributed by atoms with Gasteiger partial charge in [0.1, 0.15) is 0 Å². The van der Waals surface area contributed by atoms with E-state index < -0.39 is 0 Å². The molecule has 0 aromatic heterocycles. The SMILES string of the molecule is COc1cc(N)ccc1OCC(=O)NCC(C)C. The number of nitrogens with one attached hydrogen (secondary N) is 1. The van der Waals surface area contributed by atoms with Gasteiger partial charge in [-0.3, -0.25) is 4.79 Å². The number of carbonyl (C=O) groups is 1. The van der Waals surface area contributed by atoms with Crippen LogP contribution in [0.5, 0.6) is 11.5 Å². The van der Waals surface area contributed by atoms with E-state index in [-0.39, 0.29) is 12.5 Å². The summed E-state index contributed by atoms with van der Waals surface area (Å²) in [5.41, 5.74) is 6.21. The van der Waals surface area contributed by atoms with Crippen molar-refractivity contribution < 1.29 is 14.3 Å². The summed E-state index contributed by atoms with van der Waals surface area (Å²) in [4.78, 5) is 11.5. The number of nitrogen functional groups attached to an aromatic ring is 1. The minimum Gasteiger partial charge on any atom is -0.493 e. The number of ether oxygens (including phenoxy) is 2. The maximum atomic E-state index is 11.5. The van der Waals surface area contributed by atoms with Gasteiger partial charge in [-0.25, -0.2) is 0 Å². The quantitative estimate of drug-likeness (QED) is 0.751. The fourth-order valence-electron chi connectivity index (χ4n) is 1.32. The van der Waals surface area contributed by atoms with Crippen LogP contribution in [0.4, 0.5) is 5.69 Å². The van der Waals surface area contributed by atoms with Gasteiger partial charge >= 0.3 is 0 Å². The molecule has 0 aliphatic rings. The van der Waals surface area contributed by atoms with E-state index in [9.17, 15) is 4.79 Å². The van der Waals surface area contributed by atoms with Crippen molar-refractivity contribution in [1.29, 1.82) is 0 Å². The summed E-state index contributed by atoms with van der Waals surface area (Å²) in [6, 6.07) is 5.04. The van der Waals surface area contributed by atoms with E-state index in [4.69, 9.17) is 15.2 Å². The molecule has 0 fully saturated rings. The van der Waals surface area contributed by atoms with Crippen LogP contribution in [0.1, 0.15) is 13.8 Å². The third kappa shape index (κ3) is 4.53. The van der Waals surface area contributed by atoms with Crippen LogP contribution in [0, 0.1) is 5.92 Å². The minimum absolute atomic E-state index is 0.0347. The molecule has 0 bridgehead atoms. The molecule has 3 N–H and O–H groups in total. The van der Waals surface area contributed by atoms with Gasteiger partial charge in [-0.05, 0) is 18.1 Å². The van der Waals surface area contributed by atoms with Gasteiger partial charge in [-0.1, -0.05) is 13.8 Å². The van der Waals surface area contributed by atoms with Crippen molar-refractivity contribution in [1.82, 2.24) is 5.32 Å². The average Bonchev–Trinajstić information content (AvgIpc) is 2.34. The van der Waals surface area contributed by atoms with Crippen LogP contribution < -0.4 is 20.5 Å². The van der Waals surface area contributed by atoms with Gasteiger partial charge in [-0.15, -0.1) is 0 Å². The van der Waals surface area contributed by atoms with Crippen LogP contribution >= 0.6 is 0 Å². The van der Waals surface area contributed by atoms with Crippen molar-refractivity contribution in [3.8, 4) is 11.5 Å². The number of anilines is 1. The first kappa shape index (κ1) is 14.2. The van der Waals surface area contributed by atoms with Crippen LogP contribution in [-0.4, -0.2) is 26.2 Å². The van der Waals surface area contributed by atoms with Crippen molar-refractivity contribution in [2.24, 2.45) is 5.92 Å². The van der Waals surface area contributed by atoms with E-state index in [1.807, 2.05) is 13.8 Å². The fourth-order valence-corrected chi connectivity index (χ4v) is 1.32. The second kappa shape index (κ2) is 6.74. The Bertz CT molecular complexity index is 405. The van der Waals surface area contributed by atoms with E-state index in [1.54, 1.807) is 18.2 Å². The Balaban J connectivity index is 2.50. The summed E-state index contributed by atoms with van der Waals surface area (Å²) in [6.45, 7) is 4.67. The molecule has 5 heteroatoms. The third-order valence-corrected chi connectivity index (χ3v) is 2.25. The highest BCUT2D eigenvalue weighted by Gasteiger charge is 2.08. The largest absolute Gasteiger partial charge is 0.493 e. The monoisotopic (exact) mass is 252 g/mol. The average molecular weight is 252 g/mol. The van der Waals surface area contributed by atoms with Crippen molar-refractivity contribution in [3.63, 3.8) is 0 Å². The predicted molar refractivity (Wildman–Crippen MR) is 70.7 cm³/mol. The van der Waals surface area contributed by atoms with Crippen molar-refractivity contribution in [3.05, 3.63) is 18.2 Å². The number of amides is 1. The summed E-state index contributed by atoms with van der Waals surface area (Å²) < 4.78 is 10.5. The minimum atomic E-state index is -0.150. The van der Waals surface area contributed by atoms with Gasteiger partial charge in [0.05, 0.1) is 7.11 Å². The lowest BCUT2D eigenvalue weighted by atomic mass is 10.2. The number of nitrogens with two attached hydrogens (primary N) is 1. The Labute approximate surface area is 107 Å². The van der Waals surface area contributed by atoms with Crippen molar-refractivity contribution >= 4 is 11.6 Å².